The summed E-state index contributed by atoms with van der Waals surface area (Å²) < 4.78 is 15.4. The number of esters is 1. The molecule has 142 valence electrons. The van der Waals surface area contributed by atoms with E-state index in [9.17, 15) is 14.4 Å². The molecule has 0 unspecified atom stereocenters. The fourth-order valence-electron chi connectivity index (χ4n) is 2.67. The fourth-order valence-corrected chi connectivity index (χ4v) is 2.67. The van der Waals surface area contributed by atoms with E-state index in [0.717, 1.165) is 5.56 Å². The SMILES string of the molecule is O=C(COC(=O)C=Cc1ccc2c(c1)OCO2)Nc1ccc2[nH]c(=O)[nH]c2c1. The van der Waals surface area contributed by atoms with Gasteiger partial charge in [-0.15, -0.1) is 0 Å². The van der Waals surface area contributed by atoms with Crippen molar-refractivity contribution in [3.05, 3.63) is 58.5 Å². The lowest BCUT2D eigenvalue weighted by Gasteiger charge is -2.05. The Balaban J connectivity index is 1.30. The van der Waals surface area contributed by atoms with Crippen molar-refractivity contribution in [2.45, 2.75) is 0 Å². The van der Waals surface area contributed by atoms with Gasteiger partial charge in [-0.1, -0.05) is 6.07 Å². The third kappa shape index (κ3) is 3.88. The van der Waals surface area contributed by atoms with Crippen LogP contribution in [0.15, 0.2) is 47.3 Å². The summed E-state index contributed by atoms with van der Waals surface area (Å²) in [5, 5.41) is 2.59. The van der Waals surface area contributed by atoms with E-state index in [1.165, 1.54) is 6.08 Å². The zero-order valence-electron chi connectivity index (χ0n) is 14.5. The van der Waals surface area contributed by atoms with E-state index in [2.05, 4.69) is 15.3 Å². The zero-order valence-corrected chi connectivity index (χ0v) is 14.5. The summed E-state index contributed by atoms with van der Waals surface area (Å²) in [5.74, 6) is 0.106. The molecule has 0 fully saturated rings. The van der Waals surface area contributed by atoms with Gasteiger partial charge in [0.05, 0.1) is 11.0 Å². The maximum absolute atomic E-state index is 11.9. The van der Waals surface area contributed by atoms with E-state index in [1.54, 1.807) is 42.5 Å². The van der Waals surface area contributed by atoms with Crippen molar-refractivity contribution in [2.24, 2.45) is 0 Å². The molecule has 0 radical (unpaired) electrons. The lowest BCUT2D eigenvalue weighted by Crippen LogP contribution is -2.20. The van der Waals surface area contributed by atoms with Crippen LogP contribution in [0.25, 0.3) is 17.1 Å². The Morgan fingerprint density at radius 3 is 2.79 bits per heavy atom. The first-order valence-electron chi connectivity index (χ1n) is 8.33. The summed E-state index contributed by atoms with van der Waals surface area (Å²) in [6, 6.07) is 10.1. The Bertz CT molecular complexity index is 1140. The van der Waals surface area contributed by atoms with E-state index in [-0.39, 0.29) is 12.5 Å². The zero-order chi connectivity index (χ0) is 19.5. The Kier molecular flexibility index (Phi) is 4.55. The molecule has 0 saturated heterocycles. The van der Waals surface area contributed by atoms with Gasteiger partial charge in [0.1, 0.15) is 0 Å². The first kappa shape index (κ1) is 17.4. The molecule has 1 amide bonds. The first-order valence-corrected chi connectivity index (χ1v) is 8.33. The van der Waals surface area contributed by atoms with Gasteiger partial charge in [0.25, 0.3) is 5.91 Å². The van der Waals surface area contributed by atoms with Gasteiger partial charge in [-0.3, -0.25) is 4.79 Å². The molecule has 0 bridgehead atoms. The molecule has 2 heterocycles. The number of H-pyrrole nitrogens is 2. The van der Waals surface area contributed by atoms with Crippen LogP contribution in [0, 0.1) is 0 Å². The maximum Gasteiger partial charge on any atom is 0.331 e. The number of ether oxygens (including phenoxy) is 3. The normalized spacial score (nSPS) is 12.4. The van der Waals surface area contributed by atoms with Gasteiger partial charge in [0.15, 0.2) is 18.1 Å². The Morgan fingerprint density at radius 2 is 1.89 bits per heavy atom. The van der Waals surface area contributed by atoms with Gasteiger partial charge in [0.2, 0.25) is 6.79 Å². The number of aromatic nitrogens is 2. The molecule has 2 aromatic carbocycles. The van der Waals surface area contributed by atoms with Gasteiger partial charge in [-0.05, 0) is 42.0 Å². The van der Waals surface area contributed by atoms with Crippen molar-refractivity contribution in [1.82, 2.24) is 9.97 Å². The summed E-state index contributed by atoms with van der Waals surface area (Å²) in [6.45, 7) is -0.265. The lowest BCUT2D eigenvalue weighted by molar-refractivity contribution is -0.142. The third-order valence-electron chi connectivity index (χ3n) is 3.95. The quantitative estimate of drug-likeness (QED) is 0.457. The number of carbonyl (C=O) groups excluding carboxylic acids is 2. The molecular weight excluding hydrogens is 366 g/mol. The van der Waals surface area contributed by atoms with Crippen LogP contribution < -0.4 is 20.5 Å². The molecule has 4 rings (SSSR count). The molecular formula is C19H15N3O6. The highest BCUT2D eigenvalue weighted by Gasteiger charge is 2.12. The van der Waals surface area contributed by atoms with E-state index >= 15 is 0 Å². The predicted octanol–water partition coefficient (Wildman–Crippen LogP) is 1.78. The molecule has 3 aromatic rings. The molecule has 0 saturated carbocycles. The molecule has 1 aromatic heterocycles. The number of imidazole rings is 1. The van der Waals surface area contributed by atoms with Crippen LogP contribution in [0.4, 0.5) is 5.69 Å². The van der Waals surface area contributed by atoms with Crippen molar-refractivity contribution in [2.75, 3.05) is 18.7 Å². The number of fused-ring (bicyclic) bond motifs is 2. The Morgan fingerprint density at radius 1 is 1.07 bits per heavy atom. The van der Waals surface area contributed by atoms with Gasteiger partial charge in [-0.2, -0.15) is 0 Å². The Labute approximate surface area is 157 Å². The van der Waals surface area contributed by atoms with Gasteiger partial charge >= 0.3 is 11.7 Å². The number of rotatable bonds is 5. The molecule has 9 heteroatoms. The van der Waals surface area contributed by atoms with E-state index < -0.39 is 18.5 Å². The maximum atomic E-state index is 11.9. The highest BCUT2D eigenvalue weighted by Crippen LogP contribution is 2.32. The minimum absolute atomic E-state index is 0.173. The molecule has 0 spiro atoms. The monoisotopic (exact) mass is 381 g/mol. The first-order chi connectivity index (χ1) is 13.6. The second-order valence-corrected chi connectivity index (χ2v) is 5.94. The van der Waals surface area contributed by atoms with Crippen molar-refractivity contribution >= 4 is 34.7 Å². The molecule has 3 N–H and O–H groups in total. The van der Waals surface area contributed by atoms with Crippen molar-refractivity contribution < 1.29 is 23.8 Å². The highest BCUT2D eigenvalue weighted by atomic mass is 16.7. The average molecular weight is 381 g/mol. The summed E-state index contributed by atoms with van der Waals surface area (Å²) in [7, 11) is 0. The lowest BCUT2D eigenvalue weighted by atomic mass is 10.2. The third-order valence-corrected chi connectivity index (χ3v) is 3.95. The summed E-state index contributed by atoms with van der Waals surface area (Å²) in [6.07, 6.45) is 2.78. The number of hydrogen-bond donors (Lipinski definition) is 3. The fraction of sp³-hybridized carbons (Fsp3) is 0.105. The molecule has 0 atom stereocenters. The van der Waals surface area contributed by atoms with Gasteiger partial charge in [-0.25, -0.2) is 9.59 Å². The number of anilines is 1. The summed E-state index contributed by atoms with van der Waals surface area (Å²) in [4.78, 5) is 40.2. The van der Waals surface area contributed by atoms with Gasteiger partial charge in [0, 0.05) is 11.8 Å². The molecule has 9 nitrogen and oxygen atoms in total. The van der Waals surface area contributed by atoms with Crippen molar-refractivity contribution in [1.29, 1.82) is 0 Å². The second-order valence-electron chi connectivity index (χ2n) is 5.94. The summed E-state index contributed by atoms with van der Waals surface area (Å²) in [5.41, 5.74) is 2.07. The Hall–Kier alpha value is -4.01. The number of amides is 1. The second kappa shape index (κ2) is 7.31. The predicted molar refractivity (Wildman–Crippen MR) is 100 cm³/mol. The minimum atomic E-state index is -0.654. The van der Waals surface area contributed by atoms with Crippen LogP contribution in [0.2, 0.25) is 0 Å². The summed E-state index contributed by atoms with van der Waals surface area (Å²) >= 11 is 0. The van der Waals surface area contributed by atoms with Crippen LogP contribution in [-0.2, 0) is 14.3 Å². The number of hydrogen-bond acceptors (Lipinski definition) is 6. The smallest absolute Gasteiger partial charge is 0.331 e. The minimum Gasteiger partial charge on any atom is -0.454 e. The molecule has 28 heavy (non-hydrogen) atoms. The largest absolute Gasteiger partial charge is 0.454 e. The van der Waals surface area contributed by atoms with E-state index in [0.29, 0.717) is 28.2 Å². The van der Waals surface area contributed by atoms with Gasteiger partial charge < -0.3 is 29.5 Å². The molecule has 1 aliphatic heterocycles. The molecule has 1 aliphatic rings. The van der Waals surface area contributed by atoms with Crippen molar-refractivity contribution in [3.63, 3.8) is 0 Å². The topological polar surface area (TPSA) is 123 Å². The number of benzene rings is 2. The van der Waals surface area contributed by atoms with Crippen LogP contribution in [-0.4, -0.2) is 35.2 Å². The van der Waals surface area contributed by atoms with Crippen LogP contribution in [0.1, 0.15) is 5.56 Å². The average Bonchev–Trinajstić information content (AvgIpc) is 3.29. The number of nitrogens with one attached hydrogen (secondary N) is 3. The standard InChI is InChI=1S/C19H15N3O6/c23-17(20-12-3-4-13-14(8-12)22-19(25)21-13)9-26-18(24)6-2-11-1-5-15-16(7-11)28-10-27-15/h1-8H,9-10H2,(H,20,23)(H2,21,22,25). The highest BCUT2D eigenvalue weighted by molar-refractivity contribution is 5.96. The van der Waals surface area contributed by atoms with Crippen molar-refractivity contribution in [3.8, 4) is 11.5 Å². The van der Waals surface area contributed by atoms with Crippen LogP contribution in [0.5, 0.6) is 11.5 Å². The molecule has 0 aliphatic carbocycles. The van der Waals surface area contributed by atoms with E-state index in [1.807, 2.05) is 0 Å². The number of aromatic amines is 2. The van der Waals surface area contributed by atoms with E-state index in [4.69, 9.17) is 14.2 Å². The van der Waals surface area contributed by atoms with Crippen LogP contribution >= 0.6 is 0 Å². The number of carbonyl (C=O) groups is 2. The van der Waals surface area contributed by atoms with Crippen LogP contribution in [0.3, 0.4) is 0 Å².